The van der Waals surface area contributed by atoms with Gasteiger partial charge in [-0.3, -0.25) is 4.99 Å². The summed E-state index contributed by atoms with van der Waals surface area (Å²) >= 11 is 0. The maximum Gasteiger partial charge on any atom is 0.238 e. The van der Waals surface area contributed by atoms with Crippen LogP contribution in [0.4, 0.5) is 11.6 Å². The number of rotatable bonds is 4. The van der Waals surface area contributed by atoms with Gasteiger partial charge >= 0.3 is 0 Å². The molecule has 1 fully saturated rings. The van der Waals surface area contributed by atoms with Crippen LogP contribution in [0, 0.1) is 5.92 Å². The van der Waals surface area contributed by atoms with Gasteiger partial charge in [0.25, 0.3) is 0 Å². The van der Waals surface area contributed by atoms with Gasteiger partial charge in [-0.05, 0) is 49.1 Å². The smallest absolute Gasteiger partial charge is 0.238 e. The lowest BCUT2D eigenvalue weighted by atomic mass is 9.73. The van der Waals surface area contributed by atoms with Crippen LogP contribution in [-0.4, -0.2) is 28.7 Å². The van der Waals surface area contributed by atoms with Crippen LogP contribution < -0.4 is 10.5 Å². The molecule has 0 saturated heterocycles. The molecule has 2 aromatic heterocycles. The Labute approximate surface area is 188 Å². The highest BCUT2D eigenvalue weighted by atomic mass is 32.2. The molecule has 0 atom stereocenters. The maximum atomic E-state index is 11.5. The van der Waals surface area contributed by atoms with Crippen LogP contribution in [0.1, 0.15) is 51.6 Å². The highest BCUT2D eigenvalue weighted by molar-refractivity contribution is 7.89. The molecule has 32 heavy (non-hydrogen) atoms. The number of nitrogens with zero attached hydrogens (tertiary/aromatic N) is 4. The van der Waals surface area contributed by atoms with Gasteiger partial charge in [0.2, 0.25) is 16.0 Å². The number of hydrogen-bond donors (Lipinski definition) is 2. The monoisotopic (exact) mass is 452 g/mol. The van der Waals surface area contributed by atoms with Crippen molar-refractivity contribution in [1.29, 1.82) is 0 Å². The summed E-state index contributed by atoms with van der Waals surface area (Å²) < 4.78 is 25.4. The normalized spacial score (nSPS) is 18.1. The summed E-state index contributed by atoms with van der Waals surface area (Å²) in [6.45, 7) is 5.14. The summed E-state index contributed by atoms with van der Waals surface area (Å²) in [4.78, 5) is 14.5. The standard InChI is InChI=1S/C23H28N6O2S/c1-15(2)20-23(10-4-3-5-11-23)29-18(14-25-20)12-16-13-26-22(28-21(16)29)27-17-6-8-19(9-7-17)32(24,30)31/h6-9,12-13,15H,3-5,10-11,14H2,1-2H3,(H2,24,30,31)(H,26,27,28). The van der Waals surface area contributed by atoms with Crippen molar-refractivity contribution in [3.8, 4) is 0 Å². The molecule has 5 rings (SSSR count). The van der Waals surface area contributed by atoms with E-state index < -0.39 is 10.0 Å². The largest absolute Gasteiger partial charge is 0.324 e. The van der Waals surface area contributed by atoms with Crippen molar-refractivity contribution in [2.24, 2.45) is 16.0 Å². The van der Waals surface area contributed by atoms with E-state index in [1.165, 1.54) is 42.8 Å². The molecule has 1 spiro atoms. The minimum absolute atomic E-state index is 0.0693. The molecule has 3 heterocycles. The Morgan fingerprint density at radius 3 is 2.50 bits per heavy atom. The molecule has 1 aromatic carbocycles. The van der Waals surface area contributed by atoms with Crippen LogP contribution in [0.2, 0.25) is 0 Å². The molecule has 3 N–H and O–H groups in total. The molecule has 1 aliphatic carbocycles. The molecule has 2 aliphatic rings. The minimum Gasteiger partial charge on any atom is -0.324 e. The molecule has 0 radical (unpaired) electrons. The van der Waals surface area contributed by atoms with E-state index in [9.17, 15) is 8.42 Å². The highest BCUT2D eigenvalue weighted by Crippen LogP contribution is 2.44. The van der Waals surface area contributed by atoms with Crippen LogP contribution in [-0.2, 0) is 22.1 Å². The molecule has 3 aromatic rings. The van der Waals surface area contributed by atoms with Crippen molar-refractivity contribution in [1.82, 2.24) is 14.5 Å². The lowest BCUT2D eigenvalue weighted by molar-refractivity contribution is 0.267. The van der Waals surface area contributed by atoms with Crippen LogP contribution in [0.25, 0.3) is 11.0 Å². The minimum atomic E-state index is -3.73. The van der Waals surface area contributed by atoms with Gasteiger partial charge in [0, 0.05) is 28.7 Å². The number of sulfonamides is 1. The summed E-state index contributed by atoms with van der Waals surface area (Å²) in [5.41, 5.74) is 3.99. The summed E-state index contributed by atoms with van der Waals surface area (Å²) in [6, 6.07) is 8.42. The second kappa shape index (κ2) is 7.67. The number of aromatic nitrogens is 3. The molecule has 1 saturated carbocycles. The first-order chi connectivity index (χ1) is 15.3. The SMILES string of the molecule is CC(C)C1=NCc2cc3cnc(Nc4ccc(S(N)(=O)=O)cc4)nc3n2C12CCCCC2. The molecule has 0 unspecified atom stereocenters. The van der Waals surface area contributed by atoms with E-state index in [0.29, 0.717) is 24.1 Å². The molecule has 0 bridgehead atoms. The topological polar surface area (TPSA) is 115 Å². The zero-order valence-corrected chi connectivity index (χ0v) is 19.2. The predicted octanol–water partition coefficient (Wildman–Crippen LogP) is 4.09. The van der Waals surface area contributed by atoms with Crippen molar-refractivity contribution in [2.75, 3.05) is 5.32 Å². The van der Waals surface area contributed by atoms with Crippen molar-refractivity contribution in [3.05, 3.63) is 42.2 Å². The van der Waals surface area contributed by atoms with Gasteiger partial charge in [0.05, 0.1) is 17.0 Å². The number of nitrogens with two attached hydrogens (primary N) is 1. The number of nitrogens with one attached hydrogen (secondary N) is 1. The van der Waals surface area contributed by atoms with Gasteiger partial charge in [0.1, 0.15) is 5.65 Å². The Kier molecular flexibility index (Phi) is 5.05. The number of fused-ring (bicyclic) bond motifs is 4. The average Bonchev–Trinajstić information content (AvgIpc) is 3.13. The lowest BCUT2D eigenvalue weighted by Crippen LogP contribution is -2.48. The molecular formula is C23H28N6O2S. The van der Waals surface area contributed by atoms with Crippen molar-refractivity contribution >= 4 is 38.4 Å². The Hall–Kier alpha value is -2.78. The van der Waals surface area contributed by atoms with Crippen molar-refractivity contribution in [2.45, 2.75) is 62.9 Å². The summed E-state index contributed by atoms with van der Waals surface area (Å²) in [7, 11) is -3.73. The third-order valence-electron chi connectivity index (χ3n) is 6.60. The zero-order chi connectivity index (χ0) is 22.5. The van der Waals surface area contributed by atoms with E-state index in [-0.39, 0.29) is 10.4 Å². The molecular weight excluding hydrogens is 424 g/mol. The predicted molar refractivity (Wildman–Crippen MR) is 126 cm³/mol. The number of aliphatic imine (C=N–C) groups is 1. The van der Waals surface area contributed by atoms with Gasteiger partial charge in [0.15, 0.2) is 0 Å². The molecule has 168 valence electrons. The fourth-order valence-electron chi connectivity index (χ4n) is 5.32. The van der Waals surface area contributed by atoms with Gasteiger partial charge < -0.3 is 9.88 Å². The van der Waals surface area contributed by atoms with Crippen LogP contribution >= 0.6 is 0 Å². The second-order valence-corrected chi connectivity index (χ2v) is 10.6. The van der Waals surface area contributed by atoms with E-state index in [4.69, 9.17) is 15.1 Å². The average molecular weight is 453 g/mol. The van der Waals surface area contributed by atoms with Gasteiger partial charge in [-0.25, -0.2) is 18.5 Å². The number of hydrogen-bond acceptors (Lipinski definition) is 6. The second-order valence-electron chi connectivity index (χ2n) is 9.09. The first-order valence-electron chi connectivity index (χ1n) is 11.1. The maximum absolute atomic E-state index is 11.5. The highest BCUT2D eigenvalue weighted by Gasteiger charge is 2.44. The third kappa shape index (κ3) is 3.49. The van der Waals surface area contributed by atoms with E-state index in [1.54, 1.807) is 12.1 Å². The van der Waals surface area contributed by atoms with Crippen LogP contribution in [0.3, 0.4) is 0 Å². The van der Waals surface area contributed by atoms with E-state index in [0.717, 1.165) is 23.9 Å². The molecule has 8 nitrogen and oxygen atoms in total. The number of anilines is 2. The Morgan fingerprint density at radius 2 is 1.84 bits per heavy atom. The Bertz CT molecular complexity index is 1300. The third-order valence-corrected chi connectivity index (χ3v) is 7.53. The molecule has 9 heteroatoms. The molecule has 0 amide bonds. The number of primary sulfonamides is 1. The first-order valence-corrected chi connectivity index (χ1v) is 12.7. The van der Waals surface area contributed by atoms with Gasteiger partial charge in [-0.15, -0.1) is 0 Å². The van der Waals surface area contributed by atoms with Gasteiger partial charge in [-0.1, -0.05) is 33.1 Å². The van der Waals surface area contributed by atoms with Crippen molar-refractivity contribution < 1.29 is 8.42 Å². The van der Waals surface area contributed by atoms with E-state index >= 15 is 0 Å². The molecule has 1 aliphatic heterocycles. The van der Waals surface area contributed by atoms with Crippen LogP contribution in [0.5, 0.6) is 0 Å². The quantitative estimate of drug-likeness (QED) is 0.618. The zero-order valence-electron chi connectivity index (χ0n) is 18.4. The van der Waals surface area contributed by atoms with Crippen LogP contribution in [0.15, 0.2) is 46.4 Å². The fourth-order valence-corrected chi connectivity index (χ4v) is 5.83. The number of benzene rings is 1. The lowest BCUT2D eigenvalue weighted by Gasteiger charge is -2.44. The van der Waals surface area contributed by atoms with Crippen molar-refractivity contribution in [3.63, 3.8) is 0 Å². The summed E-state index contributed by atoms with van der Waals surface area (Å²) in [5.74, 6) is 0.858. The Balaban J connectivity index is 1.56. The van der Waals surface area contributed by atoms with Gasteiger partial charge in [-0.2, -0.15) is 4.98 Å². The fraction of sp³-hybridized carbons (Fsp3) is 0.435. The van der Waals surface area contributed by atoms with E-state index in [2.05, 4.69) is 34.8 Å². The first kappa shape index (κ1) is 21.1. The Morgan fingerprint density at radius 1 is 1.12 bits per heavy atom. The van der Waals surface area contributed by atoms with E-state index in [1.807, 2.05) is 6.20 Å². The summed E-state index contributed by atoms with van der Waals surface area (Å²) in [5, 5.41) is 9.40. The summed E-state index contributed by atoms with van der Waals surface area (Å²) in [6.07, 6.45) is 7.66.